The Kier molecular flexibility index (Phi) is 6.01. The highest BCUT2D eigenvalue weighted by Gasteiger charge is 2.28. The molecule has 3 unspecified atom stereocenters. The number of hydrogen-bond acceptors (Lipinski definition) is 5. The molecular weight excluding hydrogens is 346 g/mol. The number of aryl methyl sites for hydroxylation is 2. The van der Waals surface area contributed by atoms with Gasteiger partial charge in [-0.2, -0.15) is 0 Å². The summed E-state index contributed by atoms with van der Waals surface area (Å²) in [5.41, 5.74) is 3.22. The lowest BCUT2D eigenvalue weighted by molar-refractivity contribution is -0.120. The van der Waals surface area contributed by atoms with Crippen LogP contribution >= 0.6 is 11.8 Å². The molecule has 3 rings (SSSR count). The zero-order chi connectivity index (χ0) is 18.7. The fourth-order valence-corrected chi connectivity index (χ4v) is 4.22. The van der Waals surface area contributed by atoms with Crippen LogP contribution in [0.15, 0.2) is 27.8 Å². The summed E-state index contributed by atoms with van der Waals surface area (Å²) in [7, 11) is 0. The number of aromatic nitrogens is 2. The van der Waals surface area contributed by atoms with Crippen molar-refractivity contribution < 1.29 is 9.21 Å². The minimum atomic E-state index is 0.0344. The number of thioether (sulfide) groups is 1. The van der Waals surface area contributed by atoms with E-state index in [1.807, 2.05) is 26.0 Å². The van der Waals surface area contributed by atoms with Gasteiger partial charge in [0.2, 0.25) is 11.8 Å². The summed E-state index contributed by atoms with van der Waals surface area (Å²) in [5, 5.41) is 11.8. The second kappa shape index (κ2) is 8.25. The molecule has 1 aromatic carbocycles. The quantitative estimate of drug-likeness (QED) is 0.788. The molecule has 2 aromatic rings. The summed E-state index contributed by atoms with van der Waals surface area (Å²) in [4.78, 5) is 12.3. The predicted molar refractivity (Wildman–Crippen MR) is 104 cm³/mol. The van der Waals surface area contributed by atoms with Crippen LogP contribution in [0.25, 0.3) is 11.5 Å². The van der Waals surface area contributed by atoms with Crippen molar-refractivity contribution in [1.29, 1.82) is 0 Å². The van der Waals surface area contributed by atoms with Crippen LogP contribution < -0.4 is 5.32 Å². The van der Waals surface area contributed by atoms with Gasteiger partial charge in [-0.15, -0.1) is 10.2 Å². The molecule has 1 fully saturated rings. The summed E-state index contributed by atoms with van der Waals surface area (Å²) in [6, 6.07) is 6.42. The number of rotatable bonds is 5. The van der Waals surface area contributed by atoms with Crippen molar-refractivity contribution in [3.8, 4) is 11.5 Å². The molecule has 0 bridgehead atoms. The second-order valence-electron chi connectivity index (χ2n) is 7.48. The summed E-state index contributed by atoms with van der Waals surface area (Å²) >= 11 is 1.29. The van der Waals surface area contributed by atoms with Crippen LogP contribution in [0.3, 0.4) is 0 Å². The molecule has 1 saturated carbocycles. The summed E-state index contributed by atoms with van der Waals surface area (Å²) < 4.78 is 5.72. The fourth-order valence-electron chi connectivity index (χ4n) is 3.64. The second-order valence-corrected chi connectivity index (χ2v) is 8.41. The zero-order valence-corrected chi connectivity index (χ0v) is 16.7. The van der Waals surface area contributed by atoms with E-state index in [4.69, 9.17) is 4.42 Å². The van der Waals surface area contributed by atoms with Crippen LogP contribution in [0, 0.1) is 25.7 Å². The van der Waals surface area contributed by atoms with Crippen molar-refractivity contribution in [2.24, 2.45) is 11.8 Å². The van der Waals surface area contributed by atoms with E-state index in [0.717, 1.165) is 23.1 Å². The van der Waals surface area contributed by atoms with Gasteiger partial charge in [-0.3, -0.25) is 4.79 Å². The topological polar surface area (TPSA) is 68.0 Å². The van der Waals surface area contributed by atoms with Crippen molar-refractivity contribution in [3.63, 3.8) is 0 Å². The Morgan fingerprint density at radius 3 is 2.65 bits per heavy atom. The van der Waals surface area contributed by atoms with Crippen LogP contribution in [-0.4, -0.2) is 27.9 Å². The first-order chi connectivity index (χ1) is 12.4. The highest BCUT2D eigenvalue weighted by atomic mass is 32.2. The first-order valence-corrected chi connectivity index (χ1v) is 10.3. The van der Waals surface area contributed by atoms with Gasteiger partial charge in [-0.1, -0.05) is 55.6 Å². The van der Waals surface area contributed by atoms with E-state index in [1.165, 1.54) is 24.6 Å². The molecule has 1 aliphatic rings. The minimum Gasteiger partial charge on any atom is -0.411 e. The minimum absolute atomic E-state index is 0.0344. The van der Waals surface area contributed by atoms with Crippen molar-refractivity contribution in [1.82, 2.24) is 15.5 Å². The molecule has 1 aliphatic carbocycles. The van der Waals surface area contributed by atoms with E-state index < -0.39 is 0 Å². The van der Waals surface area contributed by atoms with Gasteiger partial charge >= 0.3 is 0 Å². The number of nitrogens with zero attached hydrogens (tertiary/aromatic N) is 2. The van der Waals surface area contributed by atoms with Gasteiger partial charge < -0.3 is 9.73 Å². The van der Waals surface area contributed by atoms with E-state index in [-0.39, 0.29) is 11.9 Å². The summed E-state index contributed by atoms with van der Waals surface area (Å²) in [5.74, 6) is 2.02. The molecule has 1 aromatic heterocycles. The fraction of sp³-hybridized carbons (Fsp3) is 0.550. The van der Waals surface area contributed by atoms with Crippen LogP contribution in [0.1, 0.15) is 44.2 Å². The Morgan fingerprint density at radius 1 is 1.19 bits per heavy atom. The molecule has 140 valence electrons. The lowest BCUT2D eigenvalue weighted by Gasteiger charge is -2.34. The van der Waals surface area contributed by atoms with E-state index in [0.29, 0.717) is 28.7 Å². The number of amides is 1. The molecule has 5 nitrogen and oxygen atoms in total. The van der Waals surface area contributed by atoms with Crippen molar-refractivity contribution >= 4 is 17.7 Å². The van der Waals surface area contributed by atoms with Crippen LogP contribution in [0.2, 0.25) is 0 Å². The van der Waals surface area contributed by atoms with Crippen molar-refractivity contribution in [2.75, 3.05) is 5.75 Å². The van der Waals surface area contributed by atoms with Gasteiger partial charge in [0.05, 0.1) is 5.75 Å². The largest absolute Gasteiger partial charge is 0.411 e. The van der Waals surface area contributed by atoms with Crippen LogP contribution in [0.4, 0.5) is 0 Å². The predicted octanol–water partition coefficient (Wildman–Crippen LogP) is 4.39. The number of carbonyl (C=O) groups is 1. The maximum absolute atomic E-state index is 12.3. The highest BCUT2D eigenvalue weighted by molar-refractivity contribution is 7.99. The number of hydrogen-bond donors (Lipinski definition) is 1. The molecule has 26 heavy (non-hydrogen) atoms. The maximum atomic E-state index is 12.3. The molecule has 0 saturated heterocycles. The average molecular weight is 374 g/mol. The van der Waals surface area contributed by atoms with Gasteiger partial charge in [0.15, 0.2) is 0 Å². The molecule has 6 heteroatoms. The monoisotopic (exact) mass is 373 g/mol. The Hall–Kier alpha value is -1.82. The normalized spacial score (nSPS) is 23.0. The third-order valence-corrected chi connectivity index (χ3v) is 6.07. The van der Waals surface area contributed by atoms with Gasteiger partial charge in [0.1, 0.15) is 0 Å². The first kappa shape index (κ1) is 19.0. The van der Waals surface area contributed by atoms with Gasteiger partial charge in [0.25, 0.3) is 5.22 Å². The lowest BCUT2D eigenvalue weighted by atomic mass is 9.78. The Morgan fingerprint density at radius 2 is 1.92 bits per heavy atom. The molecule has 1 amide bonds. The van der Waals surface area contributed by atoms with E-state index in [9.17, 15) is 4.79 Å². The Bertz CT molecular complexity index is 754. The third kappa shape index (κ3) is 4.67. The molecule has 1 heterocycles. The molecular formula is C20H27N3O2S. The maximum Gasteiger partial charge on any atom is 0.277 e. The Labute approximate surface area is 159 Å². The highest BCUT2D eigenvalue weighted by Crippen LogP contribution is 2.30. The van der Waals surface area contributed by atoms with Gasteiger partial charge in [0, 0.05) is 11.6 Å². The number of nitrogens with one attached hydrogen (secondary N) is 1. The van der Waals surface area contributed by atoms with Crippen molar-refractivity contribution in [3.05, 3.63) is 29.3 Å². The zero-order valence-electron chi connectivity index (χ0n) is 15.9. The first-order valence-electron chi connectivity index (χ1n) is 9.26. The molecule has 0 aliphatic heterocycles. The standard InChI is InChI=1S/C20H27N3O2S/c1-12-8-13(2)10-16(9-12)19-22-23-20(25-19)26-11-18(24)21-17-7-5-6-14(3)15(17)4/h8-10,14-15,17H,5-7,11H2,1-4H3,(H,21,24). The van der Waals surface area contributed by atoms with Crippen LogP contribution in [-0.2, 0) is 4.79 Å². The molecule has 0 radical (unpaired) electrons. The number of benzene rings is 1. The van der Waals surface area contributed by atoms with E-state index in [1.54, 1.807) is 0 Å². The van der Waals surface area contributed by atoms with Crippen molar-refractivity contribution in [2.45, 2.75) is 58.2 Å². The Balaban J connectivity index is 1.55. The molecule has 1 N–H and O–H groups in total. The average Bonchev–Trinajstić information content (AvgIpc) is 3.05. The number of carbonyl (C=O) groups excluding carboxylic acids is 1. The lowest BCUT2D eigenvalue weighted by Crippen LogP contribution is -2.44. The van der Waals surface area contributed by atoms with Gasteiger partial charge in [-0.25, -0.2) is 0 Å². The third-order valence-electron chi connectivity index (χ3n) is 5.26. The molecule has 0 spiro atoms. The SMILES string of the molecule is Cc1cc(C)cc(-c2nnc(SCC(=O)NC3CCCC(C)C3C)o2)c1. The van der Waals surface area contributed by atoms with Gasteiger partial charge in [-0.05, 0) is 44.2 Å². The molecule has 3 atom stereocenters. The van der Waals surface area contributed by atoms with Crippen LogP contribution in [0.5, 0.6) is 0 Å². The summed E-state index contributed by atoms with van der Waals surface area (Å²) in [6.07, 6.45) is 3.51. The summed E-state index contributed by atoms with van der Waals surface area (Å²) in [6.45, 7) is 8.58. The van der Waals surface area contributed by atoms with E-state index >= 15 is 0 Å². The smallest absolute Gasteiger partial charge is 0.277 e. The van der Waals surface area contributed by atoms with E-state index in [2.05, 4.69) is 35.4 Å².